The summed E-state index contributed by atoms with van der Waals surface area (Å²) in [4.78, 5) is 28.6. The van der Waals surface area contributed by atoms with Crippen LogP contribution in [0.1, 0.15) is 30.4 Å². The number of sulfone groups is 1. The van der Waals surface area contributed by atoms with Crippen molar-refractivity contribution in [1.82, 2.24) is 4.90 Å². The van der Waals surface area contributed by atoms with E-state index >= 15 is 0 Å². The number of amidine groups is 1. The number of carboxylic acids is 1. The smallest absolute Gasteiger partial charge is 0.248 e. The van der Waals surface area contributed by atoms with Gasteiger partial charge in [-0.1, -0.05) is 41.6 Å². The van der Waals surface area contributed by atoms with Gasteiger partial charge in [0.2, 0.25) is 5.91 Å². The van der Waals surface area contributed by atoms with E-state index in [1.807, 2.05) is 36.1 Å². The van der Waals surface area contributed by atoms with Crippen LogP contribution in [0.25, 0.3) is 0 Å². The van der Waals surface area contributed by atoms with Crippen LogP contribution in [0.15, 0.2) is 29.3 Å². The third-order valence-electron chi connectivity index (χ3n) is 4.64. The van der Waals surface area contributed by atoms with Crippen LogP contribution in [-0.2, 0) is 26.0 Å². The lowest BCUT2D eigenvalue weighted by Gasteiger charge is -2.24. The Kier molecular flexibility index (Phi) is 5.90. The van der Waals surface area contributed by atoms with Crippen LogP contribution >= 0.6 is 11.8 Å². The van der Waals surface area contributed by atoms with Crippen LogP contribution < -0.4 is 5.11 Å². The van der Waals surface area contributed by atoms with E-state index in [0.29, 0.717) is 11.7 Å². The first kappa shape index (κ1) is 19.9. The average molecular weight is 410 g/mol. The molecule has 27 heavy (non-hydrogen) atoms. The fourth-order valence-electron chi connectivity index (χ4n) is 3.26. The summed E-state index contributed by atoms with van der Waals surface area (Å²) in [5.74, 6) is -1.43. The molecular formula is C18H21N2O5S2-. The molecule has 0 radical (unpaired) electrons. The summed E-state index contributed by atoms with van der Waals surface area (Å²) in [6.45, 7) is 2.47. The van der Waals surface area contributed by atoms with Crippen LogP contribution in [0.3, 0.4) is 0 Å². The zero-order chi connectivity index (χ0) is 19.6. The number of nitrogens with zero attached hydrogens (tertiary/aromatic N) is 2. The highest BCUT2D eigenvalue weighted by molar-refractivity contribution is 8.15. The molecule has 1 aromatic carbocycles. The molecule has 1 aromatic rings. The van der Waals surface area contributed by atoms with Crippen molar-refractivity contribution < 1.29 is 23.1 Å². The summed E-state index contributed by atoms with van der Waals surface area (Å²) in [5.41, 5.74) is 2.15. The molecule has 0 spiro atoms. The highest BCUT2D eigenvalue weighted by Gasteiger charge is 2.48. The minimum atomic E-state index is -3.09. The first-order valence-electron chi connectivity index (χ1n) is 8.74. The quantitative estimate of drug-likeness (QED) is 0.674. The second-order valence-corrected chi connectivity index (χ2v) is 10.3. The van der Waals surface area contributed by atoms with Gasteiger partial charge in [0.25, 0.3) is 0 Å². The summed E-state index contributed by atoms with van der Waals surface area (Å²) >= 11 is 1.33. The second-order valence-electron chi connectivity index (χ2n) is 6.93. The normalized spacial score (nSPS) is 24.9. The van der Waals surface area contributed by atoms with E-state index in [9.17, 15) is 23.1 Å². The lowest BCUT2D eigenvalue weighted by Crippen LogP contribution is -2.37. The summed E-state index contributed by atoms with van der Waals surface area (Å²) in [6.07, 6.45) is 0.0339. The van der Waals surface area contributed by atoms with Crippen molar-refractivity contribution >= 4 is 38.6 Å². The predicted molar refractivity (Wildman–Crippen MR) is 102 cm³/mol. The third kappa shape index (κ3) is 5.10. The molecular weight excluding hydrogens is 388 g/mol. The Balaban J connectivity index is 1.77. The van der Waals surface area contributed by atoms with Gasteiger partial charge in [0.05, 0.1) is 17.5 Å². The molecule has 0 N–H and O–H groups in total. The van der Waals surface area contributed by atoms with E-state index in [2.05, 4.69) is 4.99 Å². The van der Waals surface area contributed by atoms with Gasteiger partial charge in [0.1, 0.15) is 0 Å². The molecule has 2 aliphatic heterocycles. The number of aliphatic imine (C=N–C) groups is 1. The fourth-order valence-corrected chi connectivity index (χ4v) is 7.23. The molecule has 1 amide bonds. The van der Waals surface area contributed by atoms with Crippen molar-refractivity contribution in [3.63, 3.8) is 0 Å². The number of carbonyl (C=O) groups is 2. The van der Waals surface area contributed by atoms with Crippen molar-refractivity contribution in [2.75, 3.05) is 11.5 Å². The van der Waals surface area contributed by atoms with Crippen LogP contribution in [0.5, 0.6) is 0 Å². The van der Waals surface area contributed by atoms with Crippen molar-refractivity contribution in [2.24, 2.45) is 4.99 Å². The van der Waals surface area contributed by atoms with Gasteiger partial charge in [-0.15, -0.1) is 0 Å². The Morgan fingerprint density at radius 3 is 2.59 bits per heavy atom. The number of rotatable bonds is 6. The molecule has 2 fully saturated rings. The fraction of sp³-hybridized carbons (Fsp3) is 0.500. The van der Waals surface area contributed by atoms with E-state index in [1.165, 1.54) is 11.8 Å². The van der Waals surface area contributed by atoms with E-state index in [-0.39, 0.29) is 42.1 Å². The highest BCUT2D eigenvalue weighted by atomic mass is 32.2. The summed E-state index contributed by atoms with van der Waals surface area (Å²) in [5, 5.41) is 10.9. The molecule has 0 saturated carbocycles. The molecule has 0 aromatic heterocycles. The van der Waals surface area contributed by atoms with Gasteiger partial charge in [-0.25, -0.2) is 8.42 Å². The number of hydrogen-bond donors (Lipinski definition) is 0. The van der Waals surface area contributed by atoms with Crippen molar-refractivity contribution in [3.8, 4) is 0 Å². The van der Waals surface area contributed by atoms with Gasteiger partial charge in [0, 0.05) is 24.2 Å². The van der Waals surface area contributed by atoms with Crippen LogP contribution in [0, 0.1) is 6.92 Å². The molecule has 0 aliphatic carbocycles. The molecule has 2 atom stereocenters. The zero-order valence-electron chi connectivity index (χ0n) is 15.0. The van der Waals surface area contributed by atoms with E-state index in [1.54, 1.807) is 0 Å². The van der Waals surface area contributed by atoms with Crippen LogP contribution in [0.4, 0.5) is 0 Å². The SMILES string of the molecule is Cc1ccc(CN2C(=NC(=O)CCCC(=O)[O-])S[C@H]3CS(=O)(=O)C[C@H]32)cc1. The third-order valence-corrected chi connectivity index (χ3v) is 7.89. The number of benzene rings is 1. The number of fused-ring (bicyclic) bond motifs is 1. The topological polar surface area (TPSA) is 107 Å². The van der Waals surface area contributed by atoms with Gasteiger partial charge in [0.15, 0.2) is 15.0 Å². The van der Waals surface area contributed by atoms with Gasteiger partial charge < -0.3 is 14.8 Å². The average Bonchev–Trinajstić information content (AvgIpc) is 3.02. The van der Waals surface area contributed by atoms with Gasteiger partial charge in [-0.3, -0.25) is 4.79 Å². The molecule has 2 heterocycles. The van der Waals surface area contributed by atoms with E-state index < -0.39 is 21.7 Å². The van der Waals surface area contributed by atoms with Crippen molar-refractivity contribution in [1.29, 1.82) is 0 Å². The van der Waals surface area contributed by atoms with Gasteiger partial charge >= 0.3 is 0 Å². The number of thioether (sulfide) groups is 1. The number of amides is 1. The predicted octanol–water partition coefficient (Wildman–Crippen LogP) is 0.512. The maximum Gasteiger partial charge on any atom is 0.248 e. The largest absolute Gasteiger partial charge is 0.550 e. The highest BCUT2D eigenvalue weighted by Crippen LogP contribution is 2.39. The molecule has 0 unspecified atom stereocenters. The summed E-state index contributed by atoms with van der Waals surface area (Å²) in [6, 6.07) is 7.75. The Labute approximate surface area is 162 Å². The van der Waals surface area contributed by atoms with E-state index in [0.717, 1.165) is 11.1 Å². The Bertz CT molecular complexity index is 864. The minimum Gasteiger partial charge on any atom is -0.550 e. The minimum absolute atomic E-state index is 0.0318. The van der Waals surface area contributed by atoms with E-state index in [4.69, 9.17) is 0 Å². The maximum atomic E-state index is 12.1. The molecule has 3 rings (SSSR count). The Hall–Kier alpha value is -1.87. The molecule has 7 nitrogen and oxygen atoms in total. The number of hydrogen-bond acceptors (Lipinski definition) is 6. The number of carbonyl (C=O) groups excluding carboxylic acids is 2. The van der Waals surface area contributed by atoms with Crippen molar-refractivity contribution in [2.45, 2.75) is 44.0 Å². The lowest BCUT2D eigenvalue weighted by atomic mass is 10.1. The Morgan fingerprint density at radius 2 is 1.93 bits per heavy atom. The van der Waals surface area contributed by atoms with Crippen LogP contribution in [-0.4, -0.2) is 53.2 Å². The number of aryl methyl sites for hydroxylation is 1. The van der Waals surface area contributed by atoms with Crippen LogP contribution in [0.2, 0.25) is 0 Å². The molecule has 9 heteroatoms. The maximum absolute atomic E-state index is 12.1. The first-order valence-corrected chi connectivity index (χ1v) is 11.4. The standard InChI is InChI=1S/C18H22N2O5S2/c1-12-5-7-13(8-6-12)9-20-14-10-27(24,25)11-15(14)26-18(20)19-16(21)3-2-4-17(22)23/h5-8,14-15H,2-4,9-11H2,1H3,(H,22,23)/p-1/t14-,15+/m1/s1. The molecule has 2 saturated heterocycles. The zero-order valence-corrected chi connectivity index (χ0v) is 16.6. The first-order chi connectivity index (χ1) is 12.7. The number of carboxylic acid groups (broad SMARTS) is 1. The molecule has 2 aliphatic rings. The Morgan fingerprint density at radius 1 is 1.22 bits per heavy atom. The monoisotopic (exact) mass is 409 g/mol. The molecule has 0 bridgehead atoms. The molecule has 146 valence electrons. The summed E-state index contributed by atoms with van der Waals surface area (Å²) < 4.78 is 24.0. The summed E-state index contributed by atoms with van der Waals surface area (Å²) in [7, 11) is -3.09. The van der Waals surface area contributed by atoms with Gasteiger partial charge in [-0.2, -0.15) is 4.99 Å². The second kappa shape index (κ2) is 8.02. The van der Waals surface area contributed by atoms with Gasteiger partial charge in [-0.05, 0) is 25.3 Å². The van der Waals surface area contributed by atoms with Crippen molar-refractivity contribution in [3.05, 3.63) is 35.4 Å². The lowest BCUT2D eigenvalue weighted by molar-refractivity contribution is -0.305. The number of aliphatic carboxylic acids is 1.